The van der Waals surface area contributed by atoms with E-state index in [-0.39, 0.29) is 6.54 Å². The number of hydrogen-bond donors (Lipinski definition) is 1. The first-order valence-electron chi connectivity index (χ1n) is 3.64. The largest absolute Gasteiger partial charge is 0.480 e. The maximum Gasteiger partial charge on any atom is 0.323 e. The zero-order valence-corrected chi connectivity index (χ0v) is 8.65. The van der Waals surface area contributed by atoms with Gasteiger partial charge in [0.2, 0.25) is 0 Å². The van der Waals surface area contributed by atoms with Gasteiger partial charge >= 0.3 is 5.97 Å². The standard InChI is InChI=1S/C8H9BrN2O2/c1-11(5-8(12)13)7-3-2-6(9)4-10-7/h2-4H,5H2,1H3,(H,12,13). The van der Waals surface area contributed by atoms with E-state index in [4.69, 9.17) is 5.11 Å². The number of hydrogen-bond acceptors (Lipinski definition) is 3. The summed E-state index contributed by atoms with van der Waals surface area (Å²) in [5.41, 5.74) is 0. The van der Waals surface area contributed by atoms with E-state index in [9.17, 15) is 4.79 Å². The fourth-order valence-electron chi connectivity index (χ4n) is 0.878. The van der Waals surface area contributed by atoms with Gasteiger partial charge in [-0.2, -0.15) is 0 Å². The van der Waals surface area contributed by atoms with Gasteiger partial charge in [-0.05, 0) is 28.1 Å². The number of carboxylic acid groups (broad SMARTS) is 1. The minimum Gasteiger partial charge on any atom is -0.480 e. The molecule has 0 bridgehead atoms. The lowest BCUT2D eigenvalue weighted by molar-refractivity contribution is -0.135. The molecule has 0 aliphatic rings. The maximum absolute atomic E-state index is 10.4. The third-order valence-electron chi connectivity index (χ3n) is 1.48. The Morgan fingerprint density at radius 2 is 2.38 bits per heavy atom. The topological polar surface area (TPSA) is 53.4 Å². The van der Waals surface area contributed by atoms with Crippen molar-refractivity contribution in [3.63, 3.8) is 0 Å². The number of nitrogens with zero attached hydrogens (tertiary/aromatic N) is 2. The van der Waals surface area contributed by atoms with E-state index < -0.39 is 5.97 Å². The lowest BCUT2D eigenvalue weighted by Gasteiger charge is -2.14. The lowest BCUT2D eigenvalue weighted by Crippen LogP contribution is -2.25. The molecule has 0 radical (unpaired) electrons. The molecule has 1 aromatic rings. The van der Waals surface area contributed by atoms with Gasteiger partial charge in [0.1, 0.15) is 12.4 Å². The summed E-state index contributed by atoms with van der Waals surface area (Å²) in [6, 6.07) is 3.58. The van der Waals surface area contributed by atoms with Crippen molar-refractivity contribution in [3.05, 3.63) is 22.8 Å². The summed E-state index contributed by atoms with van der Waals surface area (Å²) < 4.78 is 0.875. The molecule has 0 amide bonds. The number of likely N-dealkylation sites (N-methyl/N-ethyl adjacent to an activating group) is 1. The zero-order valence-electron chi connectivity index (χ0n) is 7.07. The van der Waals surface area contributed by atoms with Crippen LogP contribution in [-0.2, 0) is 4.79 Å². The van der Waals surface area contributed by atoms with Crippen LogP contribution >= 0.6 is 15.9 Å². The van der Waals surface area contributed by atoms with Crippen molar-refractivity contribution in [1.82, 2.24) is 4.98 Å². The van der Waals surface area contributed by atoms with Crippen molar-refractivity contribution < 1.29 is 9.90 Å². The lowest BCUT2D eigenvalue weighted by atomic mass is 10.4. The van der Waals surface area contributed by atoms with E-state index in [1.807, 2.05) is 6.07 Å². The normalized spacial score (nSPS) is 9.69. The van der Waals surface area contributed by atoms with Crippen molar-refractivity contribution in [2.24, 2.45) is 0 Å². The fraction of sp³-hybridized carbons (Fsp3) is 0.250. The van der Waals surface area contributed by atoms with E-state index in [0.29, 0.717) is 5.82 Å². The molecule has 1 heterocycles. The Balaban J connectivity index is 2.71. The van der Waals surface area contributed by atoms with Crippen LogP contribution in [-0.4, -0.2) is 29.7 Å². The zero-order chi connectivity index (χ0) is 9.84. The monoisotopic (exact) mass is 244 g/mol. The predicted molar refractivity (Wildman–Crippen MR) is 52.8 cm³/mol. The van der Waals surface area contributed by atoms with Crippen molar-refractivity contribution in [2.45, 2.75) is 0 Å². The molecule has 0 spiro atoms. The second kappa shape index (κ2) is 4.23. The second-order valence-corrected chi connectivity index (χ2v) is 3.50. The van der Waals surface area contributed by atoms with Gasteiger partial charge in [-0.3, -0.25) is 4.79 Å². The molecule has 1 rings (SSSR count). The molecule has 0 unspecified atom stereocenters. The molecular weight excluding hydrogens is 236 g/mol. The summed E-state index contributed by atoms with van der Waals surface area (Å²) in [6.07, 6.45) is 1.63. The number of carbonyl (C=O) groups is 1. The van der Waals surface area contributed by atoms with Gasteiger partial charge in [-0.25, -0.2) is 4.98 Å². The van der Waals surface area contributed by atoms with Gasteiger partial charge in [-0.15, -0.1) is 0 Å². The Morgan fingerprint density at radius 3 is 2.85 bits per heavy atom. The number of rotatable bonds is 3. The number of anilines is 1. The molecule has 4 nitrogen and oxygen atoms in total. The first kappa shape index (κ1) is 9.98. The maximum atomic E-state index is 10.4. The minimum atomic E-state index is -0.868. The summed E-state index contributed by atoms with van der Waals surface area (Å²) in [6.45, 7) is -0.0470. The second-order valence-electron chi connectivity index (χ2n) is 2.58. The molecule has 70 valence electrons. The highest BCUT2D eigenvalue weighted by molar-refractivity contribution is 9.10. The van der Waals surface area contributed by atoms with Gasteiger partial charge in [0.25, 0.3) is 0 Å². The molecule has 0 atom stereocenters. The Hall–Kier alpha value is -1.10. The third-order valence-corrected chi connectivity index (χ3v) is 1.94. The third kappa shape index (κ3) is 3.02. The van der Waals surface area contributed by atoms with Crippen molar-refractivity contribution >= 4 is 27.7 Å². The first-order chi connectivity index (χ1) is 6.09. The molecule has 0 aromatic carbocycles. The van der Waals surface area contributed by atoms with E-state index in [0.717, 1.165) is 4.47 Å². The molecular formula is C8H9BrN2O2. The minimum absolute atomic E-state index is 0.0470. The van der Waals surface area contributed by atoms with Crippen molar-refractivity contribution in [1.29, 1.82) is 0 Å². The number of pyridine rings is 1. The summed E-state index contributed by atoms with van der Waals surface area (Å²) in [4.78, 5) is 16.0. The van der Waals surface area contributed by atoms with E-state index >= 15 is 0 Å². The summed E-state index contributed by atoms with van der Waals surface area (Å²) >= 11 is 3.25. The average molecular weight is 245 g/mol. The Bertz CT molecular complexity index is 300. The molecule has 1 aromatic heterocycles. The smallest absolute Gasteiger partial charge is 0.323 e. The Morgan fingerprint density at radius 1 is 1.69 bits per heavy atom. The van der Waals surface area contributed by atoms with Crippen molar-refractivity contribution in [3.8, 4) is 0 Å². The summed E-state index contributed by atoms with van der Waals surface area (Å²) in [5, 5.41) is 8.52. The Kier molecular flexibility index (Phi) is 3.25. The van der Waals surface area contributed by atoms with Gasteiger partial charge in [0.15, 0.2) is 0 Å². The first-order valence-corrected chi connectivity index (χ1v) is 4.43. The Labute approximate surface area is 84.3 Å². The van der Waals surface area contributed by atoms with Crippen LogP contribution in [0, 0.1) is 0 Å². The van der Waals surface area contributed by atoms with Gasteiger partial charge in [0, 0.05) is 17.7 Å². The summed E-state index contributed by atoms with van der Waals surface area (Å²) in [7, 11) is 1.68. The fourth-order valence-corrected chi connectivity index (χ4v) is 1.11. The highest BCUT2D eigenvalue weighted by Gasteiger charge is 2.05. The number of halogens is 1. The van der Waals surface area contributed by atoms with E-state index in [2.05, 4.69) is 20.9 Å². The molecule has 0 saturated carbocycles. The van der Waals surface area contributed by atoms with E-state index in [1.165, 1.54) is 0 Å². The highest BCUT2D eigenvalue weighted by atomic mass is 79.9. The van der Waals surface area contributed by atoms with Gasteiger partial charge in [-0.1, -0.05) is 0 Å². The molecule has 0 aliphatic heterocycles. The summed E-state index contributed by atoms with van der Waals surface area (Å²) in [5.74, 6) is -0.224. The van der Waals surface area contributed by atoms with Crippen LogP contribution in [0.3, 0.4) is 0 Å². The highest BCUT2D eigenvalue weighted by Crippen LogP contribution is 2.12. The molecule has 13 heavy (non-hydrogen) atoms. The SMILES string of the molecule is CN(CC(=O)O)c1ccc(Br)cn1. The van der Waals surface area contributed by atoms with Crippen LogP contribution in [0.1, 0.15) is 0 Å². The predicted octanol–water partition coefficient (Wildman–Crippen LogP) is 1.36. The molecule has 0 aliphatic carbocycles. The van der Waals surface area contributed by atoms with Crippen LogP contribution in [0.4, 0.5) is 5.82 Å². The van der Waals surface area contributed by atoms with Crippen LogP contribution in [0.2, 0.25) is 0 Å². The van der Waals surface area contributed by atoms with Gasteiger partial charge in [0.05, 0.1) is 0 Å². The number of carboxylic acids is 1. The number of aromatic nitrogens is 1. The van der Waals surface area contributed by atoms with E-state index in [1.54, 1.807) is 24.2 Å². The average Bonchev–Trinajstić information content (AvgIpc) is 2.04. The van der Waals surface area contributed by atoms with Crippen LogP contribution in [0.5, 0.6) is 0 Å². The van der Waals surface area contributed by atoms with Crippen molar-refractivity contribution in [2.75, 3.05) is 18.5 Å². The molecule has 5 heteroatoms. The van der Waals surface area contributed by atoms with Crippen LogP contribution in [0.25, 0.3) is 0 Å². The molecule has 1 N–H and O–H groups in total. The number of aliphatic carboxylic acids is 1. The van der Waals surface area contributed by atoms with Crippen LogP contribution in [0.15, 0.2) is 22.8 Å². The van der Waals surface area contributed by atoms with Gasteiger partial charge < -0.3 is 10.0 Å². The quantitative estimate of drug-likeness (QED) is 0.873. The molecule has 0 saturated heterocycles. The molecule has 0 fully saturated rings. The van der Waals surface area contributed by atoms with Crippen LogP contribution < -0.4 is 4.90 Å².